The van der Waals surface area contributed by atoms with Gasteiger partial charge in [0.25, 0.3) is 0 Å². The first-order valence-electron chi connectivity index (χ1n) is 4.49. The zero-order valence-corrected chi connectivity index (χ0v) is 8.74. The van der Waals surface area contributed by atoms with Crippen molar-refractivity contribution < 1.29 is 28.2 Å². The summed E-state index contributed by atoms with van der Waals surface area (Å²) in [5.41, 5.74) is -1.88. The molecule has 2 bridgehead atoms. The molecule has 1 unspecified atom stereocenters. The van der Waals surface area contributed by atoms with E-state index in [1.165, 1.54) is 0 Å². The van der Waals surface area contributed by atoms with E-state index in [1.54, 1.807) is 6.92 Å². The minimum absolute atomic E-state index is 0.106. The van der Waals surface area contributed by atoms with Crippen LogP contribution in [0.5, 0.6) is 0 Å². The van der Waals surface area contributed by atoms with Crippen molar-refractivity contribution in [3.8, 4) is 0 Å². The lowest BCUT2D eigenvalue weighted by Crippen LogP contribution is -2.53. The van der Waals surface area contributed by atoms with Gasteiger partial charge in [0.1, 0.15) is 0 Å². The van der Waals surface area contributed by atoms with Gasteiger partial charge >= 0.3 is 13.3 Å². The SMILES string of the molecule is CCOP(=O)(O)C12OCC(CO1)CO2. The lowest BCUT2D eigenvalue weighted by atomic mass is 10.2. The van der Waals surface area contributed by atoms with Crippen LogP contribution in [0.3, 0.4) is 0 Å². The van der Waals surface area contributed by atoms with Crippen LogP contribution in [0.15, 0.2) is 0 Å². The number of rotatable bonds is 3. The number of fused-ring (bicyclic) bond motifs is 3. The molecule has 1 N–H and O–H groups in total. The molecule has 0 aliphatic carbocycles. The molecule has 0 aromatic carbocycles. The highest BCUT2D eigenvalue weighted by Crippen LogP contribution is 2.60. The summed E-state index contributed by atoms with van der Waals surface area (Å²) in [6.07, 6.45) is 0. The summed E-state index contributed by atoms with van der Waals surface area (Å²) in [5.74, 6) is 0.151. The van der Waals surface area contributed by atoms with Crippen LogP contribution >= 0.6 is 7.60 Å². The summed E-state index contributed by atoms with van der Waals surface area (Å²) in [6.45, 7) is 2.84. The maximum atomic E-state index is 11.7. The molecule has 3 rings (SSSR count). The second-order valence-corrected chi connectivity index (χ2v) is 5.11. The summed E-state index contributed by atoms with van der Waals surface area (Å²) >= 11 is 0. The average molecular weight is 224 g/mol. The Bertz CT molecular complexity index is 245. The van der Waals surface area contributed by atoms with E-state index in [9.17, 15) is 9.46 Å². The zero-order valence-electron chi connectivity index (χ0n) is 7.84. The normalized spacial score (nSPS) is 40.9. The fourth-order valence-electron chi connectivity index (χ4n) is 1.44. The summed E-state index contributed by atoms with van der Waals surface area (Å²) in [7, 11) is -4.03. The Balaban J connectivity index is 2.17. The highest BCUT2D eigenvalue weighted by molar-refractivity contribution is 7.53. The third-order valence-electron chi connectivity index (χ3n) is 2.15. The van der Waals surface area contributed by atoms with E-state index in [1.807, 2.05) is 0 Å². The first kappa shape index (κ1) is 10.5. The predicted molar refractivity (Wildman–Crippen MR) is 45.5 cm³/mol. The van der Waals surface area contributed by atoms with Crippen LogP contribution in [0.4, 0.5) is 0 Å². The van der Waals surface area contributed by atoms with Crippen LogP contribution in [0.2, 0.25) is 0 Å². The Morgan fingerprint density at radius 2 is 1.93 bits per heavy atom. The first-order valence-corrected chi connectivity index (χ1v) is 6.07. The first-order chi connectivity index (χ1) is 6.60. The zero-order chi connectivity index (χ0) is 10.2. The van der Waals surface area contributed by atoms with Crippen molar-refractivity contribution in [1.82, 2.24) is 0 Å². The summed E-state index contributed by atoms with van der Waals surface area (Å²) < 4.78 is 31.7. The molecule has 0 amide bonds. The van der Waals surface area contributed by atoms with Gasteiger partial charge < -0.3 is 23.6 Å². The standard InChI is InChI=1S/C7H13O6P/c1-2-13-14(8,9)7-10-3-6(4-11-7)5-12-7/h6H,2-5H2,1H3,(H,8,9). The lowest BCUT2D eigenvalue weighted by molar-refractivity contribution is -0.407. The van der Waals surface area contributed by atoms with Gasteiger partial charge in [0, 0.05) is 5.92 Å². The van der Waals surface area contributed by atoms with Gasteiger partial charge in [0.15, 0.2) is 0 Å². The van der Waals surface area contributed by atoms with Crippen molar-refractivity contribution in [3.63, 3.8) is 0 Å². The van der Waals surface area contributed by atoms with Crippen molar-refractivity contribution in [2.75, 3.05) is 26.4 Å². The molecular formula is C7H13O6P. The Hall–Kier alpha value is 0.0300. The Morgan fingerprint density at radius 1 is 1.43 bits per heavy atom. The van der Waals surface area contributed by atoms with E-state index in [0.29, 0.717) is 19.8 Å². The second kappa shape index (κ2) is 3.56. The van der Waals surface area contributed by atoms with Crippen LogP contribution in [-0.2, 0) is 23.3 Å². The molecule has 3 aliphatic rings. The fraction of sp³-hybridized carbons (Fsp3) is 1.00. The van der Waals surface area contributed by atoms with Gasteiger partial charge in [-0.3, -0.25) is 4.57 Å². The number of hydrogen-bond acceptors (Lipinski definition) is 5. The van der Waals surface area contributed by atoms with Gasteiger partial charge in [-0.05, 0) is 6.92 Å². The largest absolute Gasteiger partial charge is 0.417 e. The van der Waals surface area contributed by atoms with Gasteiger partial charge in [0.2, 0.25) is 0 Å². The van der Waals surface area contributed by atoms with E-state index >= 15 is 0 Å². The van der Waals surface area contributed by atoms with Crippen molar-refractivity contribution in [3.05, 3.63) is 0 Å². The molecule has 82 valence electrons. The van der Waals surface area contributed by atoms with Crippen molar-refractivity contribution in [2.24, 2.45) is 5.92 Å². The highest BCUT2D eigenvalue weighted by Gasteiger charge is 2.59. The molecule has 3 aliphatic heterocycles. The van der Waals surface area contributed by atoms with E-state index in [2.05, 4.69) is 0 Å². The van der Waals surface area contributed by atoms with E-state index in [4.69, 9.17) is 18.7 Å². The maximum absolute atomic E-state index is 11.7. The molecule has 0 spiro atoms. The molecule has 14 heavy (non-hydrogen) atoms. The molecule has 3 heterocycles. The van der Waals surface area contributed by atoms with E-state index < -0.39 is 13.3 Å². The smallest absolute Gasteiger partial charge is 0.319 e. The second-order valence-electron chi connectivity index (χ2n) is 3.26. The minimum atomic E-state index is -4.03. The topological polar surface area (TPSA) is 74.2 Å². The monoisotopic (exact) mass is 224 g/mol. The summed E-state index contributed by atoms with van der Waals surface area (Å²) in [5, 5.41) is 0. The van der Waals surface area contributed by atoms with Gasteiger partial charge in [-0.25, -0.2) is 0 Å². The van der Waals surface area contributed by atoms with Crippen LogP contribution in [-0.4, -0.2) is 37.0 Å². The van der Waals surface area contributed by atoms with Crippen LogP contribution in [0.25, 0.3) is 0 Å². The van der Waals surface area contributed by atoms with Gasteiger partial charge in [-0.2, -0.15) is 0 Å². The van der Waals surface area contributed by atoms with Crippen molar-refractivity contribution in [2.45, 2.75) is 12.6 Å². The number of ether oxygens (including phenoxy) is 3. The molecule has 0 saturated carbocycles. The Kier molecular flexibility index (Phi) is 2.68. The predicted octanol–water partition coefficient (Wildman–Crippen LogP) is 0.513. The third-order valence-corrected chi connectivity index (χ3v) is 3.84. The molecule has 0 aromatic heterocycles. The molecule has 7 heteroatoms. The van der Waals surface area contributed by atoms with Gasteiger partial charge in [-0.15, -0.1) is 0 Å². The number of hydrogen-bond donors (Lipinski definition) is 1. The third kappa shape index (κ3) is 1.52. The molecule has 1 atom stereocenters. The quantitative estimate of drug-likeness (QED) is 0.704. The molecular weight excluding hydrogens is 211 g/mol. The lowest BCUT2D eigenvalue weighted by Gasteiger charge is -2.45. The van der Waals surface area contributed by atoms with Gasteiger partial charge in [0.05, 0.1) is 26.4 Å². The van der Waals surface area contributed by atoms with E-state index in [0.717, 1.165) is 0 Å². The van der Waals surface area contributed by atoms with Crippen LogP contribution in [0, 0.1) is 5.92 Å². The molecule has 3 fully saturated rings. The molecule has 0 radical (unpaired) electrons. The maximum Gasteiger partial charge on any atom is 0.417 e. The minimum Gasteiger partial charge on any atom is -0.319 e. The average Bonchev–Trinajstić information content (AvgIpc) is 2.20. The summed E-state index contributed by atoms with van der Waals surface area (Å²) in [6, 6.07) is 0. The van der Waals surface area contributed by atoms with Crippen molar-refractivity contribution >= 4 is 7.60 Å². The van der Waals surface area contributed by atoms with Gasteiger partial charge in [-0.1, -0.05) is 0 Å². The molecule has 3 saturated heterocycles. The van der Waals surface area contributed by atoms with Crippen molar-refractivity contribution in [1.29, 1.82) is 0 Å². The Labute approximate surface area is 81.6 Å². The van der Waals surface area contributed by atoms with Crippen LogP contribution in [0.1, 0.15) is 6.92 Å². The Morgan fingerprint density at radius 3 is 2.36 bits per heavy atom. The fourth-order valence-corrected chi connectivity index (χ4v) is 2.66. The van der Waals surface area contributed by atoms with Crippen LogP contribution < -0.4 is 0 Å². The summed E-state index contributed by atoms with van der Waals surface area (Å²) in [4.78, 5) is 9.57. The van der Waals surface area contributed by atoms with E-state index in [-0.39, 0.29) is 12.5 Å². The molecule has 0 aromatic rings. The highest BCUT2D eigenvalue weighted by atomic mass is 31.2. The molecule has 6 nitrogen and oxygen atoms in total.